The van der Waals surface area contributed by atoms with Crippen molar-refractivity contribution in [2.75, 3.05) is 0 Å². The molecule has 2 nitrogen and oxygen atoms in total. The van der Waals surface area contributed by atoms with Gasteiger partial charge in [0.1, 0.15) is 0 Å². The van der Waals surface area contributed by atoms with Crippen molar-refractivity contribution in [3.8, 4) is 0 Å². The Morgan fingerprint density at radius 2 is 1.67 bits per heavy atom. The zero-order valence-electron chi connectivity index (χ0n) is 12.4. The average Bonchev–Trinajstić information content (AvgIpc) is 2.63. The highest BCUT2D eigenvalue weighted by atomic mass is 15.0. The summed E-state index contributed by atoms with van der Waals surface area (Å²) in [7, 11) is 0. The molecule has 0 radical (unpaired) electrons. The molecule has 0 fully saturated rings. The lowest BCUT2D eigenvalue weighted by Gasteiger charge is -2.19. The Balaban J connectivity index is 2.91. The van der Waals surface area contributed by atoms with Crippen LogP contribution in [0, 0.1) is 0 Å². The number of nitrogens with zero attached hydrogens (tertiary/aromatic N) is 2. The number of rotatable bonds is 3. The molecule has 0 saturated heterocycles. The second kappa shape index (κ2) is 4.75. The number of hydrogen-bond donors (Lipinski definition) is 0. The van der Waals surface area contributed by atoms with Crippen molar-refractivity contribution in [2.24, 2.45) is 0 Å². The van der Waals surface area contributed by atoms with Crippen LogP contribution in [0.3, 0.4) is 0 Å². The molecular formula is C16H24N2. The SMILES string of the molecule is CC(C)c1c(C(C)C)n(C(C)C)c2cnccc12. The van der Waals surface area contributed by atoms with Crippen LogP contribution >= 0.6 is 0 Å². The van der Waals surface area contributed by atoms with Gasteiger partial charge in [-0.3, -0.25) is 4.98 Å². The van der Waals surface area contributed by atoms with Gasteiger partial charge in [-0.25, -0.2) is 0 Å². The Labute approximate surface area is 110 Å². The van der Waals surface area contributed by atoms with E-state index in [0.29, 0.717) is 17.9 Å². The molecule has 98 valence electrons. The van der Waals surface area contributed by atoms with E-state index in [9.17, 15) is 0 Å². The van der Waals surface area contributed by atoms with E-state index in [-0.39, 0.29) is 0 Å². The summed E-state index contributed by atoms with van der Waals surface area (Å²) in [5.41, 5.74) is 4.25. The minimum Gasteiger partial charge on any atom is -0.340 e. The number of fused-ring (bicyclic) bond motifs is 1. The van der Waals surface area contributed by atoms with Crippen molar-refractivity contribution in [2.45, 2.75) is 59.4 Å². The molecule has 0 spiro atoms. The van der Waals surface area contributed by atoms with Crippen molar-refractivity contribution < 1.29 is 0 Å². The van der Waals surface area contributed by atoms with Crippen LogP contribution in [0.1, 0.15) is 70.7 Å². The molecule has 2 rings (SSSR count). The van der Waals surface area contributed by atoms with Gasteiger partial charge in [0.05, 0.1) is 11.7 Å². The Morgan fingerprint density at radius 1 is 1.00 bits per heavy atom. The van der Waals surface area contributed by atoms with Crippen molar-refractivity contribution in [3.63, 3.8) is 0 Å². The maximum atomic E-state index is 4.31. The van der Waals surface area contributed by atoms with Gasteiger partial charge in [0.2, 0.25) is 0 Å². The zero-order chi connectivity index (χ0) is 13.4. The zero-order valence-corrected chi connectivity index (χ0v) is 12.4. The molecule has 0 saturated carbocycles. The van der Waals surface area contributed by atoms with Gasteiger partial charge in [0.15, 0.2) is 0 Å². The van der Waals surface area contributed by atoms with E-state index in [4.69, 9.17) is 0 Å². The predicted octanol–water partition coefficient (Wildman–Crippen LogP) is 4.86. The van der Waals surface area contributed by atoms with Gasteiger partial charge in [-0.05, 0) is 37.3 Å². The second-order valence-corrected chi connectivity index (χ2v) is 5.96. The molecule has 18 heavy (non-hydrogen) atoms. The Hall–Kier alpha value is -1.31. The number of aromatic nitrogens is 2. The first-order valence-electron chi connectivity index (χ1n) is 6.92. The average molecular weight is 244 g/mol. The lowest BCUT2D eigenvalue weighted by Crippen LogP contribution is -2.09. The first-order valence-corrected chi connectivity index (χ1v) is 6.92. The lowest BCUT2D eigenvalue weighted by atomic mass is 9.95. The van der Waals surface area contributed by atoms with Crippen LogP contribution in [0.5, 0.6) is 0 Å². The van der Waals surface area contributed by atoms with Crippen LogP contribution in [0.25, 0.3) is 10.9 Å². The third-order valence-electron chi connectivity index (χ3n) is 3.53. The van der Waals surface area contributed by atoms with Crippen LogP contribution in [-0.2, 0) is 0 Å². The van der Waals surface area contributed by atoms with Gasteiger partial charge < -0.3 is 4.57 Å². The molecule has 2 aromatic rings. The van der Waals surface area contributed by atoms with Gasteiger partial charge in [0.25, 0.3) is 0 Å². The normalized spacial score (nSPS) is 12.3. The molecule has 0 unspecified atom stereocenters. The predicted molar refractivity (Wildman–Crippen MR) is 78.3 cm³/mol. The highest BCUT2D eigenvalue weighted by Crippen LogP contribution is 2.37. The first kappa shape index (κ1) is 13.1. The van der Waals surface area contributed by atoms with Crippen LogP contribution < -0.4 is 0 Å². The maximum Gasteiger partial charge on any atom is 0.0674 e. The molecule has 0 aliphatic rings. The van der Waals surface area contributed by atoms with Crippen molar-refractivity contribution >= 4 is 10.9 Å². The number of hydrogen-bond acceptors (Lipinski definition) is 1. The lowest BCUT2D eigenvalue weighted by molar-refractivity contribution is 0.569. The third-order valence-corrected chi connectivity index (χ3v) is 3.53. The van der Waals surface area contributed by atoms with Gasteiger partial charge in [-0.2, -0.15) is 0 Å². The van der Waals surface area contributed by atoms with Gasteiger partial charge in [-0.15, -0.1) is 0 Å². The molecule has 0 bridgehead atoms. The highest BCUT2D eigenvalue weighted by Gasteiger charge is 2.22. The van der Waals surface area contributed by atoms with Gasteiger partial charge in [0, 0.05) is 23.3 Å². The van der Waals surface area contributed by atoms with Crippen LogP contribution in [0.2, 0.25) is 0 Å². The fourth-order valence-corrected chi connectivity index (χ4v) is 2.96. The summed E-state index contributed by atoms with van der Waals surface area (Å²) in [4.78, 5) is 4.31. The van der Waals surface area contributed by atoms with E-state index in [1.807, 2.05) is 12.4 Å². The first-order chi connectivity index (χ1) is 8.45. The van der Waals surface area contributed by atoms with Crippen LogP contribution in [0.4, 0.5) is 0 Å². The topological polar surface area (TPSA) is 17.8 Å². The van der Waals surface area contributed by atoms with E-state index in [1.54, 1.807) is 0 Å². The molecule has 2 aromatic heterocycles. The quantitative estimate of drug-likeness (QED) is 0.753. The Kier molecular flexibility index (Phi) is 3.47. The van der Waals surface area contributed by atoms with E-state index < -0.39 is 0 Å². The molecule has 0 aliphatic carbocycles. The number of pyridine rings is 1. The standard InChI is InChI=1S/C16H24N2/c1-10(2)15-13-7-8-17-9-14(13)18(12(5)6)16(15)11(3)4/h7-12H,1-6H3. The molecule has 0 aromatic carbocycles. The van der Waals surface area contributed by atoms with E-state index in [2.05, 4.69) is 57.2 Å². The van der Waals surface area contributed by atoms with Gasteiger partial charge >= 0.3 is 0 Å². The highest BCUT2D eigenvalue weighted by molar-refractivity contribution is 5.85. The molecule has 0 aliphatic heterocycles. The second-order valence-electron chi connectivity index (χ2n) is 5.96. The van der Waals surface area contributed by atoms with E-state index >= 15 is 0 Å². The Bertz CT molecular complexity index is 502. The van der Waals surface area contributed by atoms with Crippen molar-refractivity contribution in [3.05, 3.63) is 29.7 Å². The maximum absolute atomic E-state index is 4.31. The summed E-state index contributed by atoms with van der Waals surface area (Å²) in [6, 6.07) is 2.64. The summed E-state index contributed by atoms with van der Waals surface area (Å²) >= 11 is 0. The molecule has 0 N–H and O–H groups in total. The third kappa shape index (κ3) is 1.94. The smallest absolute Gasteiger partial charge is 0.0674 e. The van der Waals surface area contributed by atoms with Crippen molar-refractivity contribution in [1.82, 2.24) is 9.55 Å². The van der Waals surface area contributed by atoms with E-state index in [0.717, 1.165) is 0 Å². The minimum absolute atomic E-state index is 0.474. The molecule has 2 heterocycles. The molecule has 2 heteroatoms. The molecule has 0 atom stereocenters. The van der Waals surface area contributed by atoms with Crippen LogP contribution in [-0.4, -0.2) is 9.55 Å². The van der Waals surface area contributed by atoms with E-state index in [1.165, 1.54) is 22.2 Å². The summed E-state index contributed by atoms with van der Waals surface area (Å²) in [6.07, 6.45) is 3.91. The minimum atomic E-state index is 0.474. The fourth-order valence-electron chi connectivity index (χ4n) is 2.96. The molecular weight excluding hydrogens is 220 g/mol. The molecule has 0 amide bonds. The summed E-state index contributed by atoms with van der Waals surface area (Å²) in [6.45, 7) is 13.6. The monoisotopic (exact) mass is 244 g/mol. The van der Waals surface area contributed by atoms with Crippen molar-refractivity contribution in [1.29, 1.82) is 0 Å². The Morgan fingerprint density at radius 3 is 2.17 bits per heavy atom. The van der Waals surface area contributed by atoms with Gasteiger partial charge in [-0.1, -0.05) is 27.7 Å². The summed E-state index contributed by atoms with van der Waals surface area (Å²) in [5.74, 6) is 1.09. The largest absolute Gasteiger partial charge is 0.340 e. The summed E-state index contributed by atoms with van der Waals surface area (Å²) < 4.78 is 2.46. The summed E-state index contributed by atoms with van der Waals surface area (Å²) in [5, 5.41) is 1.37. The van der Waals surface area contributed by atoms with Crippen LogP contribution in [0.15, 0.2) is 18.5 Å². The fraction of sp³-hybridized carbons (Fsp3) is 0.562.